The van der Waals surface area contributed by atoms with Crippen LogP contribution in [0.3, 0.4) is 0 Å². The molecule has 0 saturated heterocycles. The van der Waals surface area contributed by atoms with Crippen LogP contribution in [0.15, 0.2) is 18.2 Å². The third-order valence-electron chi connectivity index (χ3n) is 1.56. The Balaban J connectivity index is 2.78. The minimum atomic E-state index is -3.54. The summed E-state index contributed by atoms with van der Waals surface area (Å²) >= 11 is 5.58. The Bertz CT molecular complexity index is 411. The van der Waals surface area contributed by atoms with Crippen molar-refractivity contribution in [3.8, 4) is 0 Å². The molecule has 0 unspecified atom stereocenters. The maximum Gasteiger partial charge on any atom is 0.232 e. The molecular weight excluding hydrogens is 250 g/mol. The molecule has 0 aliphatic heterocycles. The normalized spacial score (nSPS) is 11.6. The van der Waals surface area contributed by atoms with Crippen LogP contribution < -0.4 is 0 Å². The number of benzene rings is 1. The van der Waals surface area contributed by atoms with Gasteiger partial charge in [-0.3, -0.25) is 0 Å². The Morgan fingerprint density at radius 1 is 1.29 bits per heavy atom. The fraction of sp³-hybridized carbons (Fsp3) is 0.250. The van der Waals surface area contributed by atoms with E-state index in [9.17, 15) is 12.8 Å². The van der Waals surface area contributed by atoms with Gasteiger partial charge < -0.3 is 0 Å². The van der Waals surface area contributed by atoms with Gasteiger partial charge in [-0.05, 0) is 30.2 Å². The van der Waals surface area contributed by atoms with Crippen molar-refractivity contribution in [3.05, 3.63) is 34.6 Å². The van der Waals surface area contributed by atoms with E-state index in [1.54, 1.807) is 0 Å². The zero-order chi connectivity index (χ0) is 10.8. The molecular formula is C8H7Cl2FO2S. The van der Waals surface area contributed by atoms with E-state index in [4.69, 9.17) is 22.3 Å². The Kier molecular flexibility index (Phi) is 3.75. The van der Waals surface area contributed by atoms with E-state index < -0.39 is 14.9 Å². The van der Waals surface area contributed by atoms with Gasteiger partial charge in [0, 0.05) is 15.7 Å². The summed E-state index contributed by atoms with van der Waals surface area (Å²) in [5.41, 5.74) is 0.513. The SMILES string of the molecule is O=S(=O)(Cl)CCc1cc(F)cc(Cl)c1. The highest BCUT2D eigenvalue weighted by Gasteiger charge is 2.06. The summed E-state index contributed by atoms with van der Waals surface area (Å²) in [5, 5.41) is 0.243. The van der Waals surface area contributed by atoms with Crippen molar-refractivity contribution in [2.45, 2.75) is 6.42 Å². The second-order valence-electron chi connectivity index (χ2n) is 2.77. The van der Waals surface area contributed by atoms with Gasteiger partial charge in [-0.25, -0.2) is 12.8 Å². The molecule has 6 heteroatoms. The summed E-state index contributed by atoms with van der Waals surface area (Å²) in [7, 11) is 1.47. The highest BCUT2D eigenvalue weighted by molar-refractivity contribution is 8.13. The van der Waals surface area contributed by atoms with E-state index in [2.05, 4.69) is 0 Å². The quantitative estimate of drug-likeness (QED) is 0.780. The van der Waals surface area contributed by atoms with Crippen molar-refractivity contribution in [1.29, 1.82) is 0 Å². The van der Waals surface area contributed by atoms with E-state index in [1.807, 2.05) is 0 Å². The minimum Gasteiger partial charge on any atom is -0.212 e. The number of rotatable bonds is 3. The third kappa shape index (κ3) is 4.26. The summed E-state index contributed by atoms with van der Waals surface area (Å²) in [5.74, 6) is -0.714. The number of hydrogen-bond donors (Lipinski definition) is 0. The van der Waals surface area contributed by atoms with Crippen molar-refractivity contribution in [1.82, 2.24) is 0 Å². The van der Waals surface area contributed by atoms with Crippen LogP contribution in [0.5, 0.6) is 0 Å². The number of halogens is 3. The summed E-state index contributed by atoms with van der Waals surface area (Å²) < 4.78 is 34.0. The summed E-state index contributed by atoms with van der Waals surface area (Å²) in [4.78, 5) is 0. The average Bonchev–Trinajstić information content (AvgIpc) is 1.97. The monoisotopic (exact) mass is 256 g/mol. The zero-order valence-electron chi connectivity index (χ0n) is 7.00. The molecule has 14 heavy (non-hydrogen) atoms. The smallest absolute Gasteiger partial charge is 0.212 e. The average molecular weight is 257 g/mol. The largest absolute Gasteiger partial charge is 0.232 e. The van der Waals surface area contributed by atoms with Gasteiger partial charge in [0.05, 0.1) is 5.75 Å². The molecule has 1 aromatic carbocycles. The fourth-order valence-corrected chi connectivity index (χ4v) is 1.95. The summed E-state index contributed by atoms with van der Waals surface area (Å²) in [6.07, 6.45) is 0.156. The summed E-state index contributed by atoms with van der Waals surface area (Å²) in [6.45, 7) is 0. The third-order valence-corrected chi connectivity index (χ3v) is 2.93. The van der Waals surface area contributed by atoms with Crippen molar-refractivity contribution >= 4 is 31.3 Å². The first kappa shape index (κ1) is 11.8. The van der Waals surface area contributed by atoms with Gasteiger partial charge >= 0.3 is 0 Å². The lowest BCUT2D eigenvalue weighted by atomic mass is 10.2. The molecule has 0 atom stereocenters. The number of aryl methyl sites for hydroxylation is 1. The second kappa shape index (κ2) is 4.47. The first-order valence-corrected chi connectivity index (χ1v) is 6.60. The fourth-order valence-electron chi connectivity index (χ4n) is 0.995. The molecule has 78 valence electrons. The summed E-state index contributed by atoms with van der Waals surface area (Å²) in [6, 6.07) is 3.89. The van der Waals surface area contributed by atoms with Gasteiger partial charge in [-0.1, -0.05) is 11.6 Å². The van der Waals surface area contributed by atoms with Crippen molar-refractivity contribution in [2.24, 2.45) is 0 Å². The molecule has 0 N–H and O–H groups in total. The van der Waals surface area contributed by atoms with Crippen molar-refractivity contribution in [2.75, 3.05) is 5.75 Å². The molecule has 0 aromatic heterocycles. The van der Waals surface area contributed by atoms with Crippen LogP contribution in [0, 0.1) is 5.82 Å². The van der Waals surface area contributed by atoms with E-state index in [-0.39, 0.29) is 17.2 Å². The molecule has 2 nitrogen and oxygen atoms in total. The van der Waals surface area contributed by atoms with Crippen LogP contribution in [-0.2, 0) is 15.5 Å². The van der Waals surface area contributed by atoms with E-state index in [0.29, 0.717) is 5.56 Å². The maximum absolute atomic E-state index is 12.8. The Hall–Kier alpha value is -0.320. The first-order chi connectivity index (χ1) is 6.37. The highest BCUT2D eigenvalue weighted by atomic mass is 35.7. The van der Waals surface area contributed by atoms with E-state index >= 15 is 0 Å². The standard InChI is InChI=1S/C8H7Cl2FO2S/c9-7-3-6(4-8(11)5-7)1-2-14(10,12)13/h3-5H,1-2H2. The molecule has 0 fully saturated rings. The zero-order valence-corrected chi connectivity index (χ0v) is 9.33. The molecule has 0 bridgehead atoms. The van der Waals surface area contributed by atoms with Gasteiger partial charge in [0.2, 0.25) is 9.05 Å². The van der Waals surface area contributed by atoms with E-state index in [0.717, 1.165) is 6.07 Å². The van der Waals surface area contributed by atoms with Crippen LogP contribution in [0.1, 0.15) is 5.56 Å². The first-order valence-electron chi connectivity index (χ1n) is 3.74. The molecule has 0 spiro atoms. The molecule has 0 saturated carbocycles. The molecule has 1 aromatic rings. The molecule has 0 radical (unpaired) electrons. The Labute approximate surface area is 91.1 Å². The predicted molar refractivity (Wildman–Crippen MR) is 54.8 cm³/mol. The van der Waals surface area contributed by atoms with Gasteiger partial charge in [-0.15, -0.1) is 0 Å². The predicted octanol–water partition coefficient (Wildman–Crippen LogP) is 2.59. The Morgan fingerprint density at radius 3 is 2.43 bits per heavy atom. The van der Waals surface area contributed by atoms with Gasteiger partial charge in [0.15, 0.2) is 0 Å². The minimum absolute atomic E-state index is 0.156. The van der Waals surface area contributed by atoms with Crippen molar-refractivity contribution < 1.29 is 12.8 Å². The van der Waals surface area contributed by atoms with Crippen molar-refractivity contribution in [3.63, 3.8) is 0 Å². The Morgan fingerprint density at radius 2 is 1.93 bits per heavy atom. The molecule has 0 amide bonds. The van der Waals surface area contributed by atoms with Gasteiger partial charge in [-0.2, -0.15) is 0 Å². The van der Waals surface area contributed by atoms with Crippen LogP contribution in [0.25, 0.3) is 0 Å². The maximum atomic E-state index is 12.8. The molecule has 1 rings (SSSR count). The lowest BCUT2D eigenvalue weighted by molar-refractivity contribution is 0.607. The van der Waals surface area contributed by atoms with E-state index in [1.165, 1.54) is 12.1 Å². The van der Waals surface area contributed by atoms with Crippen LogP contribution in [-0.4, -0.2) is 14.2 Å². The van der Waals surface area contributed by atoms with Crippen LogP contribution in [0.2, 0.25) is 5.02 Å². The second-order valence-corrected chi connectivity index (χ2v) is 6.10. The van der Waals surface area contributed by atoms with Gasteiger partial charge in [0.1, 0.15) is 5.82 Å². The lowest BCUT2D eigenvalue weighted by Crippen LogP contribution is -2.01. The van der Waals surface area contributed by atoms with Crippen LogP contribution >= 0.6 is 22.3 Å². The highest BCUT2D eigenvalue weighted by Crippen LogP contribution is 2.15. The molecule has 0 aliphatic carbocycles. The number of hydrogen-bond acceptors (Lipinski definition) is 2. The topological polar surface area (TPSA) is 34.1 Å². The molecule has 0 heterocycles. The molecule has 0 aliphatic rings. The lowest BCUT2D eigenvalue weighted by Gasteiger charge is -2.00. The van der Waals surface area contributed by atoms with Crippen LogP contribution in [0.4, 0.5) is 4.39 Å². The van der Waals surface area contributed by atoms with Gasteiger partial charge in [0.25, 0.3) is 0 Å².